The molecule has 0 bridgehead atoms. The van der Waals surface area contributed by atoms with Gasteiger partial charge < -0.3 is 5.32 Å². The fraction of sp³-hybridized carbons (Fsp3) is 0.0417. The Labute approximate surface area is 196 Å². The SMILES string of the molecule is Cc1ccc(-c2ccc(C(=O)Nc3ccc(S(=O)(=O)O)c4cccc(S(=O)(=O)O)c34)cc2)cc1. The summed E-state index contributed by atoms with van der Waals surface area (Å²) < 4.78 is 66.7. The summed E-state index contributed by atoms with van der Waals surface area (Å²) in [5, 5.41) is 2.15. The summed E-state index contributed by atoms with van der Waals surface area (Å²) in [5.74, 6) is -0.582. The second-order valence-electron chi connectivity index (χ2n) is 7.64. The molecule has 0 spiro atoms. The molecule has 0 radical (unpaired) electrons. The van der Waals surface area contributed by atoms with Gasteiger partial charge in [-0.3, -0.25) is 13.9 Å². The summed E-state index contributed by atoms with van der Waals surface area (Å²) in [6.45, 7) is 1.98. The van der Waals surface area contributed by atoms with Gasteiger partial charge in [0, 0.05) is 16.3 Å². The molecule has 8 nitrogen and oxygen atoms in total. The van der Waals surface area contributed by atoms with E-state index >= 15 is 0 Å². The van der Waals surface area contributed by atoms with Gasteiger partial charge in [-0.2, -0.15) is 16.8 Å². The quantitative estimate of drug-likeness (QED) is 0.344. The van der Waals surface area contributed by atoms with E-state index in [0.717, 1.165) is 34.9 Å². The number of nitrogens with one attached hydrogen (secondary N) is 1. The minimum Gasteiger partial charge on any atom is -0.321 e. The summed E-state index contributed by atoms with van der Waals surface area (Å²) in [7, 11) is -9.49. The zero-order valence-electron chi connectivity index (χ0n) is 17.8. The third-order valence-corrected chi connectivity index (χ3v) is 7.11. The zero-order valence-corrected chi connectivity index (χ0v) is 19.4. The highest BCUT2D eigenvalue weighted by molar-refractivity contribution is 7.86. The predicted octanol–water partition coefficient (Wildman–Crippen LogP) is 4.56. The van der Waals surface area contributed by atoms with Crippen LogP contribution in [0.5, 0.6) is 0 Å². The van der Waals surface area contributed by atoms with Gasteiger partial charge in [0.2, 0.25) is 0 Å². The van der Waals surface area contributed by atoms with Crippen molar-refractivity contribution in [2.45, 2.75) is 16.7 Å². The molecule has 0 saturated carbocycles. The van der Waals surface area contributed by atoms with Gasteiger partial charge in [0.1, 0.15) is 9.79 Å². The molecule has 4 aromatic carbocycles. The molecule has 0 unspecified atom stereocenters. The fourth-order valence-corrected chi connectivity index (χ4v) is 5.06. The molecule has 0 aliphatic rings. The van der Waals surface area contributed by atoms with E-state index in [1.807, 2.05) is 31.2 Å². The van der Waals surface area contributed by atoms with Crippen molar-refractivity contribution in [2.24, 2.45) is 0 Å². The van der Waals surface area contributed by atoms with Gasteiger partial charge in [-0.05, 0) is 48.4 Å². The Morgan fingerprint density at radius 1 is 0.706 bits per heavy atom. The minimum atomic E-state index is -4.78. The number of rotatable bonds is 5. The molecule has 0 aliphatic heterocycles. The Hall–Kier alpha value is -3.57. The lowest BCUT2D eigenvalue weighted by Crippen LogP contribution is -2.13. The number of benzene rings is 4. The highest BCUT2D eigenvalue weighted by Gasteiger charge is 2.23. The molecule has 10 heteroatoms. The maximum absolute atomic E-state index is 12.9. The number of anilines is 1. The zero-order chi connectivity index (χ0) is 24.7. The van der Waals surface area contributed by atoms with Crippen molar-refractivity contribution in [3.05, 3.63) is 90.0 Å². The van der Waals surface area contributed by atoms with Gasteiger partial charge in [0.25, 0.3) is 26.1 Å². The molecule has 34 heavy (non-hydrogen) atoms. The Morgan fingerprint density at radius 2 is 1.26 bits per heavy atom. The maximum Gasteiger partial charge on any atom is 0.295 e. The van der Waals surface area contributed by atoms with Gasteiger partial charge in [-0.15, -0.1) is 0 Å². The van der Waals surface area contributed by atoms with Crippen LogP contribution < -0.4 is 5.32 Å². The summed E-state index contributed by atoms with van der Waals surface area (Å²) in [5.41, 5.74) is 3.21. The first-order valence-electron chi connectivity index (χ1n) is 9.94. The van der Waals surface area contributed by atoms with Crippen LogP contribution in [0.4, 0.5) is 5.69 Å². The van der Waals surface area contributed by atoms with Crippen LogP contribution in [0.1, 0.15) is 15.9 Å². The molecule has 3 N–H and O–H groups in total. The van der Waals surface area contributed by atoms with Crippen molar-refractivity contribution in [2.75, 3.05) is 5.32 Å². The van der Waals surface area contributed by atoms with Gasteiger partial charge in [-0.25, -0.2) is 0 Å². The number of amides is 1. The van der Waals surface area contributed by atoms with Crippen LogP contribution in [0.2, 0.25) is 0 Å². The van der Waals surface area contributed by atoms with Gasteiger partial charge in [0.15, 0.2) is 0 Å². The van der Waals surface area contributed by atoms with Crippen LogP contribution in [0.15, 0.2) is 88.7 Å². The van der Waals surface area contributed by atoms with Crippen LogP contribution in [-0.2, 0) is 20.2 Å². The van der Waals surface area contributed by atoms with E-state index in [4.69, 9.17) is 0 Å². The van der Waals surface area contributed by atoms with Gasteiger partial charge >= 0.3 is 0 Å². The predicted molar refractivity (Wildman–Crippen MR) is 128 cm³/mol. The van der Waals surface area contributed by atoms with E-state index in [0.29, 0.717) is 0 Å². The van der Waals surface area contributed by atoms with Gasteiger partial charge in [0.05, 0.1) is 5.69 Å². The van der Waals surface area contributed by atoms with E-state index in [-0.39, 0.29) is 22.0 Å². The average Bonchev–Trinajstić information content (AvgIpc) is 2.78. The Balaban J connectivity index is 1.76. The number of hydrogen-bond donors (Lipinski definition) is 3. The number of carbonyl (C=O) groups is 1. The van der Waals surface area contributed by atoms with Crippen LogP contribution in [-0.4, -0.2) is 31.8 Å². The topological polar surface area (TPSA) is 138 Å². The maximum atomic E-state index is 12.9. The minimum absolute atomic E-state index is 0.0526. The number of carbonyl (C=O) groups excluding carboxylic acids is 1. The van der Waals surface area contributed by atoms with Crippen LogP contribution >= 0.6 is 0 Å². The van der Waals surface area contributed by atoms with E-state index in [2.05, 4.69) is 5.32 Å². The second kappa shape index (κ2) is 8.65. The number of hydrogen-bond acceptors (Lipinski definition) is 5. The van der Waals surface area contributed by atoms with E-state index in [1.54, 1.807) is 24.3 Å². The fourth-order valence-electron chi connectivity index (χ4n) is 3.65. The molecule has 0 saturated heterocycles. The first-order valence-corrected chi connectivity index (χ1v) is 12.8. The highest BCUT2D eigenvalue weighted by Crippen LogP contribution is 2.34. The summed E-state index contributed by atoms with van der Waals surface area (Å²) in [4.78, 5) is 11.7. The molecule has 4 rings (SSSR count). The Bertz CT molecular complexity index is 1630. The van der Waals surface area contributed by atoms with Crippen molar-refractivity contribution >= 4 is 42.6 Å². The van der Waals surface area contributed by atoms with E-state index in [1.165, 1.54) is 12.1 Å². The third kappa shape index (κ3) is 4.70. The van der Waals surface area contributed by atoms with Crippen LogP contribution in [0.3, 0.4) is 0 Å². The summed E-state index contributed by atoms with van der Waals surface area (Å²) in [6, 6.07) is 20.4. The van der Waals surface area contributed by atoms with Crippen molar-refractivity contribution in [3.63, 3.8) is 0 Å². The lowest BCUT2D eigenvalue weighted by atomic mass is 10.0. The van der Waals surface area contributed by atoms with Crippen molar-refractivity contribution < 1.29 is 30.7 Å². The first-order chi connectivity index (χ1) is 15.9. The molecule has 0 fully saturated rings. The van der Waals surface area contributed by atoms with Crippen molar-refractivity contribution in [1.82, 2.24) is 0 Å². The van der Waals surface area contributed by atoms with Crippen molar-refractivity contribution in [3.8, 4) is 11.1 Å². The largest absolute Gasteiger partial charge is 0.321 e. The normalized spacial score (nSPS) is 12.0. The number of aryl methyl sites for hydroxylation is 1. The Kier molecular flexibility index (Phi) is 6.00. The van der Waals surface area contributed by atoms with Crippen molar-refractivity contribution in [1.29, 1.82) is 0 Å². The molecule has 0 aromatic heterocycles. The van der Waals surface area contributed by atoms with Gasteiger partial charge in [-0.1, -0.05) is 54.1 Å². The monoisotopic (exact) mass is 497 g/mol. The Morgan fingerprint density at radius 3 is 1.82 bits per heavy atom. The van der Waals surface area contributed by atoms with Crippen LogP contribution in [0, 0.1) is 6.92 Å². The summed E-state index contributed by atoms with van der Waals surface area (Å²) in [6.07, 6.45) is 0. The molecular weight excluding hydrogens is 478 g/mol. The molecule has 1 amide bonds. The number of fused-ring (bicyclic) bond motifs is 1. The third-order valence-electron chi connectivity index (χ3n) is 5.30. The molecule has 0 heterocycles. The van der Waals surface area contributed by atoms with Crippen LogP contribution in [0.25, 0.3) is 21.9 Å². The van der Waals surface area contributed by atoms with E-state index < -0.39 is 35.9 Å². The highest BCUT2D eigenvalue weighted by atomic mass is 32.2. The lowest BCUT2D eigenvalue weighted by Gasteiger charge is -2.14. The van der Waals surface area contributed by atoms with E-state index in [9.17, 15) is 30.7 Å². The second-order valence-corrected chi connectivity index (χ2v) is 10.4. The molecule has 174 valence electrons. The standard InChI is InChI=1S/C24H19NO7S2/c1-15-5-7-16(8-6-15)17-9-11-18(12-10-17)24(26)25-20-13-14-21(33(27,28)29)19-3-2-4-22(23(19)20)34(30,31)32/h2-14H,1H3,(H,25,26)(H,27,28,29)(H,30,31,32). The summed E-state index contributed by atoms with van der Waals surface area (Å²) >= 11 is 0. The molecule has 0 aliphatic carbocycles. The first kappa shape index (κ1) is 23.6. The average molecular weight is 498 g/mol. The molecule has 4 aromatic rings. The molecular formula is C24H19NO7S2. The smallest absolute Gasteiger partial charge is 0.295 e. The molecule has 0 atom stereocenters. The lowest BCUT2D eigenvalue weighted by molar-refractivity contribution is 0.102.